The van der Waals surface area contributed by atoms with E-state index in [0.717, 1.165) is 17.5 Å². The third-order valence-corrected chi connectivity index (χ3v) is 3.57. The highest BCUT2D eigenvalue weighted by molar-refractivity contribution is 5.29. The van der Waals surface area contributed by atoms with Crippen LogP contribution < -0.4 is 0 Å². The number of benzene rings is 2. The Morgan fingerprint density at radius 1 is 1.05 bits per heavy atom. The van der Waals surface area contributed by atoms with Crippen molar-refractivity contribution in [2.75, 3.05) is 0 Å². The van der Waals surface area contributed by atoms with E-state index in [4.69, 9.17) is 9.78 Å². The van der Waals surface area contributed by atoms with Gasteiger partial charge in [0.15, 0.2) is 0 Å². The summed E-state index contributed by atoms with van der Waals surface area (Å²) in [4.78, 5) is 11.0. The van der Waals surface area contributed by atoms with Crippen LogP contribution in [0.25, 0.3) is 0 Å². The minimum Gasteiger partial charge on any atom is -0.508 e. The van der Waals surface area contributed by atoms with E-state index in [-0.39, 0.29) is 11.9 Å². The molecule has 1 aliphatic heterocycles. The average molecular weight is 256 g/mol. The molecule has 2 aromatic carbocycles. The van der Waals surface area contributed by atoms with E-state index in [0.29, 0.717) is 0 Å². The summed E-state index contributed by atoms with van der Waals surface area (Å²) in [6.45, 7) is 2.03. The fourth-order valence-electron chi connectivity index (χ4n) is 2.41. The minimum atomic E-state index is -0.427. The quantitative estimate of drug-likeness (QED) is 0.833. The van der Waals surface area contributed by atoms with Gasteiger partial charge in [0.05, 0.1) is 0 Å². The molecule has 0 saturated carbocycles. The molecule has 0 bridgehead atoms. The lowest BCUT2D eigenvalue weighted by Gasteiger charge is -2.20. The predicted octanol–water partition coefficient (Wildman–Crippen LogP) is 3.70. The molecule has 0 spiro atoms. The molecule has 2 unspecified atom stereocenters. The minimum absolute atomic E-state index is 0.106. The van der Waals surface area contributed by atoms with Crippen LogP contribution in [0.1, 0.15) is 30.6 Å². The lowest BCUT2D eigenvalue weighted by Crippen LogP contribution is -2.19. The molecular formula is C16H16O3. The Morgan fingerprint density at radius 3 is 2.42 bits per heavy atom. The zero-order valence-corrected chi connectivity index (χ0v) is 10.7. The third-order valence-electron chi connectivity index (χ3n) is 3.57. The Bertz CT molecular complexity index is 550. The van der Waals surface area contributed by atoms with Crippen LogP contribution in [0.2, 0.25) is 0 Å². The molecule has 98 valence electrons. The summed E-state index contributed by atoms with van der Waals surface area (Å²) in [5.74, 6) is 0.258. The highest BCUT2D eigenvalue weighted by atomic mass is 17.2. The molecule has 2 aromatic rings. The van der Waals surface area contributed by atoms with E-state index in [2.05, 4.69) is 0 Å². The van der Waals surface area contributed by atoms with Gasteiger partial charge in [-0.1, -0.05) is 42.5 Å². The monoisotopic (exact) mass is 256 g/mol. The maximum absolute atomic E-state index is 9.31. The fourth-order valence-corrected chi connectivity index (χ4v) is 2.41. The van der Waals surface area contributed by atoms with Crippen molar-refractivity contribution in [2.45, 2.75) is 25.0 Å². The molecule has 19 heavy (non-hydrogen) atoms. The van der Waals surface area contributed by atoms with Crippen molar-refractivity contribution >= 4 is 0 Å². The number of aromatic hydroxyl groups is 1. The molecule has 3 rings (SSSR count). The Labute approximate surface area is 112 Å². The van der Waals surface area contributed by atoms with E-state index in [1.807, 2.05) is 49.4 Å². The second-order valence-electron chi connectivity index (χ2n) is 5.06. The Kier molecular flexibility index (Phi) is 3.01. The summed E-state index contributed by atoms with van der Waals surface area (Å²) in [7, 11) is 0. The molecule has 1 heterocycles. The van der Waals surface area contributed by atoms with Crippen LogP contribution in [0.15, 0.2) is 54.6 Å². The van der Waals surface area contributed by atoms with E-state index in [9.17, 15) is 5.11 Å². The smallest absolute Gasteiger partial charge is 0.129 e. The van der Waals surface area contributed by atoms with E-state index in [1.165, 1.54) is 0 Å². The second kappa shape index (κ2) is 4.68. The molecule has 1 saturated heterocycles. The van der Waals surface area contributed by atoms with Gasteiger partial charge in [-0.05, 0) is 30.2 Å². The average Bonchev–Trinajstić information content (AvgIpc) is 2.85. The van der Waals surface area contributed by atoms with Crippen LogP contribution in [0.3, 0.4) is 0 Å². The molecule has 2 atom stereocenters. The number of hydrogen-bond donors (Lipinski definition) is 1. The molecule has 3 nitrogen and oxygen atoms in total. The van der Waals surface area contributed by atoms with Crippen LogP contribution in [0.4, 0.5) is 0 Å². The van der Waals surface area contributed by atoms with Gasteiger partial charge in [-0.15, -0.1) is 0 Å². The summed E-state index contributed by atoms with van der Waals surface area (Å²) in [6.07, 6.45) is 0.646. The first-order valence-electron chi connectivity index (χ1n) is 6.36. The Balaban J connectivity index is 1.82. The molecular weight excluding hydrogens is 240 g/mol. The SMILES string of the molecule is CC1(c2ccccc2)CC(c2ccc(O)cc2)OO1. The van der Waals surface area contributed by atoms with E-state index in [1.54, 1.807) is 12.1 Å². The second-order valence-corrected chi connectivity index (χ2v) is 5.06. The zero-order valence-electron chi connectivity index (χ0n) is 10.7. The first kappa shape index (κ1) is 12.2. The molecule has 1 fully saturated rings. The van der Waals surface area contributed by atoms with Gasteiger partial charge in [0.1, 0.15) is 17.5 Å². The first-order chi connectivity index (χ1) is 9.17. The number of rotatable bonds is 2. The van der Waals surface area contributed by atoms with Crippen LogP contribution in [0.5, 0.6) is 5.75 Å². The standard InChI is InChI=1S/C16H16O3/c1-16(13-5-3-2-4-6-13)11-15(18-19-16)12-7-9-14(17)10-8-12/h2-10,15,17H,11H2,1H3. The van der Waals surface area contributed by atoms with E-state index >= 15 is 0 Å². The Hall–Kier alpha value is -1.84. The normalized spacial score (nSPS) is 26.5. The molecule has 0 amide bonds. The molecule has 0 radical (unpaired) electrons. The first-order valence-corrected chi connectivity index (χ1v) is 6.36. The predicted molar refractivity (Wildman–Crippen MR) is 71.4 cm³/mol. The zero-order chi connectivity index (χ0) is 13.3. The van der Waals surface area contributed by atoms with Gasteiger partial charge in [0.2, 0.25) is 0 Å². The summed E-state index contributed by atoms with van der Waals surface area (Å²) in [6, 6.07) is 17.1. The lowest BCUT2D eigenvalue weighted by molar-refractivity contribution is -0.328. The fraction of sp³-hybridized carbons (Fsp3) is 0.250. The highest BCUT2D eigenvalue weighted by Crippen LogP contribution is 2.43. The van der Waals surface area contributed by atoms with Gasteiger partial charge < -0.3 is 5.11 Å². The van der Waals surface area contributed by atoms with Crippen molar-refractivity contribution in [3.05, 3.63) is 65.7 Å². The maximum atomic E-state index is 9.31. The lowest BCUT2D eigenvalue weighted by atomic mass is 9.89. The summed E-state index contributed by atoms with van der Waals surface area (Å²) >= 11 is 0. The van der Waals surface area contributed by atoms with Gasteiger partial charge >= 0.3 is 0 Å². The third kappa shape index (κ3) is 2.35. The van der Waals surface area contributed by atoms with Crippen molar-refractivity contribution in [1.82, 2.24) is 0 Å². The summed E-state index contributed by atoms with van der Waals surface area (Å²) in [5.41, 5.74) is 1.69. The highest BCUT2D eigenvalue weighted by Gasteiger charge is 2.40. The number of phenols is 1. The van der Waals surface area contributed by atoms with Gasteiger partial charge in [-0.3, -0.25) is 0 Å². The maximum Gasteiger partial charge on any atom is 0.129 e. The summed E-state index contributed by atoms with van der Waals surface area (Å²) in [5, 5.41) is 9.31. The van der Waals surface area contributed by atoms with Crippen molar-refractivity contribution in [2.24, 2.45) is 0 Å². The number of hydrogen-bond acceptors (Lipinski definition) is 3. The van der Waals surface area contributed by atoms with Gasteiger partial charge in [0, 0.05) is 6.42 Å². The van der Waals surface area contributed by atoms with E-state index < -0.39 is 5.60 Å². The van der Waals surface area contributed by atoms with Crippen molar-refractivity contribution in [3.8, 4) is 5.75 Å². The Morgan fingerprint density at radius 2 is 1.74 bits per heavy atom. The van der Waals surface area contributed by atoms with Gasteiger partial charge in [-0.2, -0.15) is 0 Å². The van der Waals surface area contributed by atoms with Crippen LogP contribution in [-0.2, 0) is 15.4 Å². The van der Waals surface area contributed by atoms with Gasteiger partial charge in [-0.25, -0.2) is 9.78 Å². The van der Waals surface area contributed by atoms with Crippen molar-refractivity contribution in [3.63, 3.8) is 0 Å². The molecule has 1 aliphatic rings. The molecule has 1 N–H and O–H groups in total. The van der Waals surface area contributed by atoms with Crippen molar-refractivity contribution in [1.29, 1.82) is 0 Å². The van der Waals surface area contributed by atoms with Crippen molar-refractivity contribution < 1.29 is 14.9 Å². The summed E-state index contributed by atoms with van der Waals surface area (Å²) < 4.78 is 0. The van der Waals surface area contributed by atoms with Gasteiger partial charge in [0.25, 0.3) is 0 Å². The van der Waals surface area contributed by atoms with Crippen LogP contribution in [0, 0.1) is 0 Å². The largest absolute Gasteiger partial charge is 0.508 e. The van der Waals surface area contributed by atoms with Crippen LogP contribution in [-0.4, -0.2) is 5.11 Å². The molecule has 0 aliphatic carbocycles. The molecule has 0 aromatic heterocycles. The van der Waals surface area contributed by atoms with Crippen LogP contribution >= 0.6 is 0 Å². The topological polar surface area (TPSA) is 38.7 Å². The number of phenolic OH excluding ortho intramolecular Hbond substituents is 1. The molecule has 3 heteroatoms.